The van der Waals surface area contributed by atoms with E-state index >= 15 is 0 Å². The number of amides is 1. The van der Waals surface area contributed by atoms with Crippen molar-refractivity contribution in [1.82, 2.24) is 9.88 Å². The standard InChI is InChI=1S/C21H22ClN3OS/c1-3-15-8-4-7-11-19(15)24-20(26)13-25(2)12-16-14-27-21(23-16)17-9-5-6-10-18(17)22/h4-11,14H,3,12-13H2,1-2H3,(H,24,26). The Morgan fingerprint density at radius 1 is 1.19 bits per heavy atom. The lowest BCUT2D eigenvalue weighted by molar-refractivity contribution is -0.117. The molecule has 1 amide bonds. The molecule has 27 heavy (non-hydrogen) atoms. The maximum Gasteiger partial charge on any atom is 0.238 e. The van der Waals surface area contributed by atoms with Gasteiger partial charge in [0, 0.05) is 23.2 Å². The molecule has 4 nitrogen and oxygen atoms in total. The first-order chi connectivity index (χ1) is 13.1. The molecule has 0 fully saturated rings. The average Bonchev–Trinajstić information content (AvgIpc) is 3.10. The maximum absolute atomic E-state index is 12.4. The summed E-state index contributed by atoms with van der Waals surface area (Å²) in [6.45, 7) is 2.98. The van der Waals surface area contributed by atoms with Crippen molar-refractivity contribution < 1.29 is 4.79 Å². The summed E-state index contributed by atoms with van der Waals surface area (Å²) in [5, 5.41) is 6.60. The summed E-state index contributed by atoms with van der Waals surface area (Å²) in [7, 11) is 1.92. The molecule has 0 radical (unpaired) electrons. The highest BCUT2D eigenvalue weighted by molar-refractivity contribution is 7.13. The fourth-order valence-corrected chi connectivity index (χ4v) is 3.99. The van der Waals surface area contributed by atoms with Crippen molar-refractivity contribution in [3.05, 3.63) is 70.2 Å². The molecule has 0 saturated heterocycles. The van der Waals surface area contributed by atoms with Crippen LogP contribution in [-0.2, 0) is 17.8 Å². The monoisotopic (exact) mass is 399 g/mol. The topological polar surface area (TPSA) is 45.2 Å². The van der Waals surface area contributed by atoms with Crippen molar-refractivity contribution in [3.63, 3.8) is 0 Å². The average molecular weight is 400 g/mol. The Balaban J connectivity index is 1.59. The Bertz CT molecular complexity index is 925. The number of aryl methyl sites for hydroxylation is 1. The fourth-order valence-electron chi connectivity index (χ4n) is 2.86. The molecule has 140 valence electrons. The molecule has 1 aromatic heterocycles. The van der Waals surface area contributed by atoms with Crippen LogP contribution in [-0.4, -0.2) is 29.4 Å². The summed E-state index contributed by atoms with van der Waals surface area (Å²) in [4.78, 5) is 19.0. The third-order valence-electron chi connectivity index (χ3n) is 4.17. The van der Waals surface area contributed by atoms with Crippen LogP contribution >= 0.6 is 22.9 Å². The molecule has 2 aromatic carbocycles. The second kappa shape index (κ2) is 9.13. The third-order valence-corrected chi connectivity index (χ3v) is 5.43. The van der Waals surface area contributed by atoms with Crippen LogP contribution in [0.25, 0.3) is 10.6 Å². The van der Waals surface area contributed by atoms with Crippen molar-refractivity contribution in [2.45, 2.75) is 19.9 Å². The quantitative estimate of drug-likeness (QED) is 0.601. The van der Waals surface area contributed by atoms with Crippen molar-refractivity contribution in [2.75, 3.05) is 18.9 Å². The SMILES string of the molecule is CCc1ccccc1NC(=O)CN(C)Cc1csc(-c2ccccc2Cl)n1. The van der Waals surface area contributed by atoms with Gasteiger partial charge in [-0.05, 0) is 31.2 Å². The van der Waals surface area contributed by atoms with Crippen LogP contribution in [0.1, 0.15) is 18.2 Å². The number of carbonyl (C=O) groups is 1. The second-order valence-electron chi connectivity index (χ2n) is 6.36. The van der Waals surface area contributed by atoms with Gasteiger partial charge in [0.2, 0.25) is 5.91 Å². The summed E-state index contributed by atoms with van der Waals surface area (Å²) in [6, 6.07) is 15.6. The minimum Gasteiger partial charge on any atom is -0.325 e. The molecular weight excluding hydrogens is 378 g/mol. The van der Waals surface area contributed by atoms with E-state index in [0.717, 1.165) is 33.9 Å². The molecule has 3 aromatic rings. The molecule has 1 N–H and O–H groups in total. The van der Waals surface area contributed by atoms with Crippen LogP contribution in [0.2, 0.25) is 5.02 Å². The molecule has 0 spiro atoms. The predicted molar refractivity (Wildman–Crippen MR) is 113 cm³/mol. The molecule has 1 heterocycles. The summed E-state index contributed by atoms with van der Waals surface area (Å²) in [5.74, 6) is -0.0278. The number of rotatable bonds is 7. The van der Waals surface area contributed by atoms with Crippen LogP contribution in [0.5, 0.6) is 0 Å². The van der Waals surface area contributed by atoms with Gasteiger partial charge in [-0.2, -0.15) is 0 Å². The minimum atomic E-state index is -0.0278. The molecule has 0 aliphatic rings. The van der Waals surface area contributed by atoms with Crippen molar-refractivity contribution >= 4 is 34.5 Å². The molecule has 0 aliphatic carbocycles. The zero-order valence-corrected chi connectivity index (χ0v) is 17.0. The van der Waals surface area contributed by atoms with E-state index in [1.807, 2.05) is 65.9 Å². The van der Waals surface area contributed by atoms with Gasteiger partial charge in [-0.25, -0.2) is 4.98 Å². The highest BCUT2D eigenvalue weighted by Gasteiger charge is 2.12. The number of benzene rings is 2. The van der Waals surface area contributed by atoms with Gasteiger partial charge < -0.3 is 5.32 Å². The Labute approximate surface area is 168 Å². The van der Waals surface area contributed by atoms with Crippen molar-refractivity contribution in [3.8, 4) is 10.6 Å². The summed E-state index contributed by atoms with van der Waals surface area (Å²) in [6.07, 6.45) is 0.885. The first-order valence-corrected chi connectivity index (χ1v) is 10.1. The molecular formula is C21H22ClN3OS. The number of nitrogens with zero attached hydrogens (tertiary/aromatic N) is 2. The first-order valence-electron chi connectivity index (χ1n) is 8.82. The molecule has 0 unspecified atom stereocenters. The molecule has 3 rings (SSSR count). The molecule has 6 heteroatoms. The smallest absolute Gasteiger partial charge is 0.238 e. The Morgan fingerprint density at radius 3 is 2.70 bits per heavy atom. The Hall–Kier alpha value is -2.21. The largest absolute Gasteiger partial charge is 0.325 e. The van der Waals surface area contributed by atoms with Gasteiger partial charge in [0.05, 0.1) is 17.3 Å². The lowest BCUT2D eigenvalue weighted by Gasteiger charge is -2.16. The second-order valence-corrected chi connectivity index (χ2v) is 7.62. The number of likely N-dealkylation sites (N-methyl/N-ethyl adjacent to an activating group) is 1. The number of anilines is 1. The van der Waals surface area contributed by atoms with Crippen molar-refractivity contribution in [1.29, 1.82) is 0 Å². The van der Waals surface area contributed by atoms with E-state index in [2.05, 4.69) is 17.2 Å². The van der Waals surface area contributed by atoms with E-state index in [9.17, 15) is 4.79 Å². The summed E-state index contributed by atoms with van der Waals surface area (Å²) >= 11 is 7.81. The van der Waals surface area contributed by atoms with Crippen LogP contribution < -0.4 is 5.32 Å². The zero-order valence-electron chi connectivity index (χ0n) is 15.4. The number of hydrogen-bond acceptors (Lipinski definition) is 4. The lowest BCUT2D eigenvalue weighted by Crippen LogP contribution is -2.30. The highest BCUT2D eigenvalue weighted by atomic mass is 35.5. The van der Waals surface area contributed by atoms with Gasteiger partial charge in [-0.1, -0.05) is 54.9 Å². The first kappa shape index (κ1) is 19.5. The summed E-state index contributed by atoms with van der Waals surface area (Å²) < 4.78 is 0. The maximum atomic E-state index is 12.4. The molecule has 0 saturated carbocycles. The molecule has 0 aliphatic heterocycles. The lowest BCUT2D eigenvalue weighted by atomic mass is 10.1. The Kier molecular flexibility index (Phi) is 6.61. The number of halogens is 1. The summed E-state index contributed by atoms with van der Waals surface area (Å²) in [5.41, 5.74) is 3.89. The number of nitrogens with one attached hydrogen (secondary N) is 1. The van der Waals surface area contributed by atoms with E-state index in [-0.39, 0.29) is 5.91 Å². The van der Waals surface area contributed by atoms with Gasteiger partial charge in [0.15, 0.2) is 0 Å². The van der Waals surface area contributed by atoms with Gasteiger partial charge in [0.1, 0.15) is 5.01 Å². The number of aromatic nitrogens is 1. The van der Waals surface area contributed by atoms with Crippen LogP contribution in [0.3, 0.4) is 0 Å². The van der Waals surface area contributed by atoms with Crippen LogP contribution in [0.15, 0.2) is 53.9 Å². The third kappa shape index (κ3) is 5.16. The number of carbonyl (C=O) groups excluding carboxylic acids is 1. The number of para-hydroxylation sites is 1. The van der Waals surface area contributed by atoms with E-state index in [1.54, 1.807) is 11.3 Å². The predicted octanol–water partition coefficient (Wildman–Crippen LogP) is 5.10. The van der Waals surface area contributed by atoms with Crippen molar-refractivity contribution in [2.24, 2.45) is 0 Å². The van der Waals surface area contributed by atoms with Gasteiger partial charge >= 0.3 is 0 Å². The normalized spacial score (nSPS) is 11.0. The van der Waals surface area contributed by atoms with Gasteiger partial charge in [-0.15, -0.1) is 11.3 Å². The van der Waals surface area contributed by atoms with Gasteiger partial charge in [-0.3, -0.25) is 9.69 Å². The number of thiazole rings is 1. The number of hydrogen-bond donors (Lipinski definition) is 1. The Morgan fingerprint density at radius 2 is 1.93 bits per heavy atom. The van der Waals surface area contributed by atoms with Crippen LogP contribution in [0, 0.1) is 0 Å². The fraction of sp³-hybridized carbons (Fsp3) is 0.238. The van der Waals surface area contributed by atoms with Crippen LogP contribution in [0.4, 0.5) is 5.69 Å². The zero-order chi connectivity index (χ0) is 19.2. The van der Waals surface area contributed by atoms with Gasteiger partial charge in [0.25, 0.3) is 0 Å². The van der Waals surface area contributed by atoms with E-state index < -0.39 is 0 Å². The highest BCUT2D eigenvalue weighted by Crippen LogP contribution is 2.30. The van der Waals surface area contributed by atoms with E-state index in [4.69, 9.17) is 11.6 Å². The van der Waals surface area contributed by atoms with E-state index in [1.165, 1.54) is 0 Å². The minimum absolute atomic E-state index is 0.0278. The molecule has 0 atom stereocenters. The molecule has 0 bridgehead atoms. The van der Waals surface area contributed by atoms with E-state index in [0.29, 0.717) is 18.1 Å².